The SMILES string of the molecule is COc1ccc(N)c(Oc2cc(Cl)ccc2C)c1. The fourth-order valence-electron chi connectivity index (χ4n) is 1.53. The molecule has 4 heteroatoms. The minimum Gasteiger partial charge on any atom is -0.497 e. The quantitative estimate of drug-likeness (QED) is 0.851. The predicted octanol–water partition coefficient (Wildman–Crippen LogP) is 4.03. The first-order valence-corrected chi connectivity index (χ1v) is 5.85. The molecule has 0 spiro atoms. The summed E-state index contributed by atoms with van der Waals surface area (Å²) in [5.41, 5.74) is 7.41. The number of ether oxygens (including phenoxy) is 2. The molecular weight excluding hydrogens is 250 g/mol. The Bertz CT molecular complexity index is 570. The van der Waals surface area contributed by atoms with E-state index in [0.717, 1.165) is 5.56 Å². The van der Waals surface area contributed by atoms with Gasteiger partial charge in [-0.15, -0.1) is 0 Å². The van der Waals surface area contributed by atoms with Gasteiger partial charge in [-0.05, 0) is 36.8 Å². The van der Waals surface area contributed by atoms with Gasteiger partial charge in [0.15, 0.2) is 5.75 Å². The first-order valence-electron chi connectivity index (χ1n) is 5.47. The molecule has 2 aromatic rings. The smallest absolute Gasteiger partial charge is 0.154 e. The monoisotopic (exact) mass is 263 g/mol. The Labute approximate surface area is 111 Å². The summed E-state index contributed by atoms with van der Waals surface area (Å²) in [4.78, 5) is 0. The van der Waals surface area contributed by atoms with Crippen molar-refractivity contribution in [3.8, 4) is 17.2 Å². The van der Waals surface area contributed by atoms with Gasteiger partial charge in [0.2, 0.25) is 0 Å². The topological polar surface area (TPSA) is 44.5 Å². The molecule has 18 heavy (non-hydrogen) atoms. The Morgan fingerprint density at radius 2 is 1.83 bits per heavy atom. The van der Waals surface area contributed by atoms with Crippen molar-refractivity contribution >= 4 is 17.3 Å². The van der Waals surface area contributed by atoms with Crippen LogP contribution in [0.1, 0.15) is 5.56 Å². The first-order chi connectivity index (χ1) is 8.60. The number of methoxy groups -OCH3 is 1. The van der Waals surface area contributed by atoms with Crippen LogP contribution in [0.25, 0.3) is 0 Å². The van der Waals surface area contributed by atoms with Crippen molar-refractivity contribution in [1.29, 1.82) is 0 Å². The average molecular weight is 264 g/mol. The maximum absolute atomic E-state index is 5.95. The number of nitrogens with two attached hydrogens (primary N) is 1. The van der Waals surface area contributed by atoms with E-state index in [1.807, 2.05) is 19.1 Å². The number of hydrogen-bond donors (Lipinski definition) is 1. The molecule has 0 saturated heterocycles. The van der Waals surface area contributed by atoms with Gasteiger partial charge >= 0.3 is 0 Å². The Kier molecular flexibility index (Phi) is 3.63. The van der Waals surface area contributed by atoms with Gasteiger partial charge in [-0.25, -0.2) is 0 Å². The molecule has 0 atom stereocenters. The fourth-order valence-corrected chi connectivity index (χ4v) is 1.69. The lowest BCUT2D eigenvalue weighted by Crippen LogP contribution is -1.94. The third-order valence-electron chi connectivity index (χ3n) is 2.59. The number of rotatable bonds is 3. The number of halogens is 1. The number of benzene rings is 2. The number of aryl methyl sites for hydroxylation is 1. The van der Waals surface area contributed by atoms with E-state index in [1.54, 1.807) is 31.4 Å². The molecule has 2 aromatic carbocycles. The second-order valence-electron chi connectivity index (χ2n) is 3.92. The highest BCUT2D eigenvalue weighted by molar-refractivity contribution is 6.30. The zero-order valence-corrected chi connectivity index (χ0v) is 11.0. The van der Waals surface area contributed by atoms with E-state index in [2.05, 4.69) is 0 Å². The molecule has 0 heterocycles. The Morgan fingerprint density at radius 3 is 2.56 bits per heavy atom. The molecule has 0 bridgehead atoms. The van der Waals surface area contributed by atoms with Crippen LogP contribution in [0.3, 0.4) is 0 Å². The van der Waals surface area contributed by atoms with Gasteiger partial charge in [-0.3, -0.25) is 0 Å². The highest BCUT2D eigenvalue weighted by Gasteiger charge is 2.07. The van der Waals surface area contributed by atoms with E-state index in [9.17, 15) is 0 Å². The lowest BCUT2D eigenvalue weighted by Gasteiger charge is -2.12. The lowest BCUT2D eigenvalue weighted by molar-refractivity contribution is 0.409. The molecule has 0 amide bonds. The van der Waals surface area contributed by atoms with Gasteiger partial charge in [0.1, 0.15) is 11.5 Å². The maximum Gasteiger partial charge on any atom is 0.154 e. The molecule has 2 rings (SSSR count). The van der Waals surface area contributed by atoms with Crippen LogP contribution in [0.5, 0.6) is 17.2 Å². The van der Waals surface area contributed by atoms with Gasteiger partial charge < -0.3 is 15.2 Å². The van der Waals surface area contributed by atoms with Crippen LogP contribution in [-0.2, 0) is 0 Å². The number of hydrogen-bond acceptors (Lipinski definition) is 3. The van der Waals surface area contributed by atoms with Crippen LogP contribution in [-0.4, -0.2) is 7.11 Å². The van der Waals surface area contributed by atoms with Gasteiger partial charge in [-0.1, -0.05) is 17.7 Å². The van der Waals surface area contributed by atoms with E-state index in [0.29, 0.717) is 28.0 Å². The minimum absolute atomic E-state index is 0.551. The second kappa shape index (κ2) is 5.19. The summed E-state index contributed by atoms with van der Waals surface area (Å²) in [6.45, 7) is 1.95. The average Bonchev–Trinajstić information content (AvgIpc) is 2.36. The summed E-state index contributed by atoms with van der Waals surface area (Å²) in [5, 5.41) is 0.622. The highest BCUT2D eigenvalue weighted by atomic mass is 35.5. The molecule has 0 radical (unpaired) electrons. The first kappa shape index (κ1) is 12.6. The molecule has 2 N–H and O–H groups in total. The molecule has 0 aromatic heterocycles. The van der Waals surface area contributed by atoms with E-state index in [1.165, 1.54) is 0 Å². The molecule has 0 aliphatic carbocycles. The molecule has 0 saturated carbocycles. The molecule has 0 unspecified atom stereocenters. The Balaban J connectivity index is 2.36. The summed E-state index contributed by atoms with van der Waals surface area (Å²) in [5.74, 6) is 1.93. The van der Waals surface area contributed by atoms with Crippen molar-refractivity contribution in [3.05, 3.63) is 47.0 Å². The van der Waals surface area contributed by atoms with Crippen molar-refractivity contribution in [2.45, 2.75) is 6.92 Å². The maximum atomic E-state index is 5.95. The summed E-state index contributed by atoms with van der Waals surface area (Å²) in [6, 6.07) is 10.7. The van der Waals surface area contributed by atoms with E-state index in [-0.39, 0.29) is 0 Å². The minimum atomic E-state index is 0.551. The van der Waals surface area contributed by atoms with Gasteiger partial charge in [0.25, 0.3) is 0 Å². The van der Waals surface area contributed by atoms with Crippen LogP contribution in [0.4, 0.5) is 5.69 Å². The zero-order valence-electron chi connectivity index (χ0n) is 10.2. The van der Waals surface area contributed by atoms with Gasteiger partial charge in [-0.2, -0.15) is 0 Å². The number of anilines is 1. The lowest BCUT2D eigenvalue weighted by atomic mass is 10.2. The van der Waals surface area contributed by atoms with Crippen molar-refractivity contribution < 1.29 is 9.47 Å². The fraction of sp³-hybridized carbons (Fsp3) is 0.143. The number of nitrogen functional groups attached to an aromatic ring is 1. The summed E-state index contributed by atoms with van der Waals surface area (Å²) in [7, 11) is 1.60. The molecule has 0 aliphatic rings. The van der Waals surface area contributed by atoms with Crippen molar-refractivity contribution in [3.63, 3.8) is 0 Å². The molecule has 0 fully saturated rings. The van der Waals surface area contributed by atoms with Crippen molar-refractivity contribution in [2.24, 2.45) is 0 Å². The molecular formula is C14H14ClNO2. The Hall–Kier alpha value is -1.87. The molecule has 3 nitrogen and oxygen atoms in total. The third-order valence-corrected chi connectivity index (χ3v) is 2.83. The predicted molar refractivity (Wildman–Crippen MR) is 73.7 cm³/mol. The van der Waals surface area contributed by atoms with Gasteiger partial charge in [0.05, 0.1) is 12.8 Å². The van der Waals surface area contributed by atoms with E-state index in [4.69, 9.17) is 26.8 Å². The summed E-state index contributed by atoms with van der Waals surface area (Å²) < 4.78 is 10.9. The van der Waals surface area contributed by atoms with Crippen molar-refractivity contribution in [2.75, 3.05) is 12.8 Å². The van der Waals surface area contributed by atoms with Crippen LogP contribution < -0.4 is 15.2 Å². The highest BCUT2D eigenvalue weighted by Crippen LogP contribution is 2.33. The van der Waals surface area contributed by atoms with Gasteiger partial charge in [0, 0.05) is 11.1 Å². The zero-order chi connectivity index (χ0) is 13.1. The standard InChI is InChI=1S/C14H14ClNO2/c1-9-3-4-10(15)7-13(9)18-14-8-11(17-2)5-6-12(14)16/h3-8H,16H2,1-2H3. The summed E-state index contributed by atoms with van der Waals surface area (Å²) in [6.07, 6.45) is 0. The van der Waals surface area contributed by atoms with E-state index >= 15 is 0 Å². The third kappa shape index (κ3) is 2.68. The van der Waals surface area contributed by atoms with Crippen molar-refractivity contribution in [1.82, 2.24) is 0 Å². The van der Waals surface area contributed by atoms with Crippen LogP contribution in [0.2, 0.25) is 5.02 Å². The Morgan fingerprint density at radius 1 is 1.06 bits per heavy atom. The van der Waals surface area contributed by atoms with Crippen LogP contribution >= 0.6 is 11.6 Å². The molecule has 0 aliphatic heterocycles. The summed E-state index contributed by atoms with van der Waals surface area (Å²) >= 11 is 5.95. The van der Waals surface area contributed by atoms with E-state index < -0.39 is 0 Å². The normalized spacial score (nSPS) is 10.2. The second-order valence-corrected chi connectivity index (χ2v) is 4.35. The molecule has 94 valence electrons. The largest absolute Gasteiger partial charge is 0.497 e. The van der Waals surface area contributed by atoms with Crippen LogP contribution in [0.15, 0.2) is 36.4 Å². The van der Waals surface area contributed by atoms with Crippen LogP contribution in [0, 0.1) is 6.92 Å².